The number of hydrogen-bond acceptors (Lipinski definition) is 5. The third kappa shape index (κ3) is 4.86. The first-order valence-corrected chi connectivity index (χ1v) is 9.52. The number of amides is 1. The summed E-state index contributed by atoms with van der Waals surface area (Å²) < 4.78 is 11.1. The van der Waals surface area contributed by atoms with Crippen molar-refractivity contribution in [3.05, 3.63) is 75.7 Å². The lowest BCUT2D eigenvalue weighted by molar-refractivity contribution is 0.0939. The average molecular weight is 382 g/mol. The lowest BCUT2D eigenvalue weighted by Gasteiger charge is -2.17. The number of para-hydroxylation sites is 1. The fourth-order valence-corrected chi connectivity index (χ4v) is 3.31. The predicted octanol–water partition coefficient (Wildman–Crippen LogP) is 4.53. The van der Waals surface area contributed by atoms with Gasteiger partial charge in [0.1, 0.15) is 18.1 Å². The van der Waals surface area contributed by atoms with E-state index in [1.807, 2.05) is 43.5 Å². The van der Waals surface area contributed by atoms with E-state index < -0.39 is 0 Å². The van der Waals surface area contributed by atoms with Crippen LogP contribution in [0.25, 0.3) is 0 Å². The van der Waals surface area contributed by atoms with Crippen LogP contribution in [0.2, 0.25) is 0 Å². The van der Waals surface area contributed by atoms with Gasteiger partial charge >= 0.3 is 0 Å². The Labute approximate surface area is 163 Å². The number of nitrogens with zero attached hydrogens (tertiary/aromatic N) is 1. The van der Waals surface area contributed by atoms with Gasteiger partial charge in [-0.25, -0.2) is 4.98 Å². The Hall–Kier alpha value is -2.86. The number of benzene rings is 2. The predicted molar refractivity (Wildman–Crippen MR) is 107 cm³/mol. The molecule has 5 nitrogen and oxygen atoms in total. The minimum Gasteiger partial charge on any atom is -0.496 e. The van der Waals surface area contributed by atoms with Crippen LogP contribution in [0, 0.1) is 6.92 Å². The molecule has 0 bridgehead atoms. The van der Waals surface area contributed by atoms with Crippen molar-refractivity contribution in [1.29, 1.82) is 0 Å². The molecule has 0 spiro atoms. The van der Waals surface area contributed by atoms with E-state index in [-0.39, 0.29) is 11.9 Å². The maximum atomic E-state index is 12.5. The first-order chi connectivity index (χ1) is 13.1. The molecule has 3 aromatic rings. The van der Waals surface area contributed by atoms with Crippen molar-refractivity contribution in [2.75, 3.05) is 7.11 Å². The van der Waals surface area contributed by atoms with Crippen molar-refractivity contribution in [2.45, 2.75) is 26.5 Å². The molecule has 3 rings (SSSR count). The van der Waals surface area contributed by atoms with Gasteiger partial charge in [-0.2, -0.15) is 0 Å². The molecule has 6 heteroatoms. The van der Waals surface area contributed by atoms with Gasteiger partial charge in [0.15, 0.2) is 0 Å². The Balaban J connectivity index is 1.60. The monoisotopic (exact) mass is 382 g/mol. The highest BCUT2D eigenvalue weighted by atomic mass is 32.1. The molecule has 140 valence electrons. The average Bonchev–Trinajstić information content (AvgIpc) is 3.11. The summed E-state index contributed by atoms with van der Waals surface area (Å²) in [6, 6.07) is 14.6. The van der Waals surface area contributed by atoms with Gasteiger partial charge in [0.05, 0.1) is 23.9 Å². The zero-order valence-electron chi connectivity index (χ0n) is 15.6. The molecule has 0 fully saturated rings. The molecule has 0 aliphatic rings. The molecule has 1 amide bonds. The Bertz CT molecular complexity index is 906. The number of rotatable bonds is 7. The molecule has 1 aromatic heterocycles. The number of methoxy groups -OCH3 is 1. The van der Waals surface area contributed by atoms with E-state index in [0.717, 1.165) is 22.0 Å². The van der Waals surface area contributed by atoms with Crippen molar-refractivity contribution >= 4 is 17.2 Å². The van der Waals surface area contributed by atoms with Gasteiger partial charge in [-0.15, -0.1) is 11.3 Å². The lowest BCUT2D eigenvalue weighted by atomic mass is 10.1. The topological polar surface area (TPSA) is 60.5 Å². The van der Waals surface area contributed by atoms with Gasteiger partial charge in [0, 0.05) is 16.5 Å². The fraction of sp³-hybridized carbons (Fsp3) is 0.238. The first kappa shape index (κ1) is 18.9. The number of aromatic nitrogens is 1. The number of thiazole rings is 1. The Morgan fingerprint density at radius 3 is 2.59 bits per heavy atom. The molecular weight excluding hydrogens is 360 g/mol. The van der Waals surface area contributed by atoms with Crippen molar-refractivity contribution in [2.24, 2.45) is 0 Å². The molecule has 2 aromatic carbocycles. The Kier molecular flexibility index (Phi) is 6.08. The second-order valence-electron chi connectivity index (χ2n) is 6.11. The molecule has 0 aliphatic carbocycles. The zero-order chi connectivity index (χ0) is 19.2. The summed E-state index contributed by atoms with van der Waals surface area (Å²) in [5.41, 5.74) is 2.42. The van der Waals surface area contributed by atoms with Gasteiger partial charge in [0.25, 0.3) is 5.91 Å². The summed E-state index contributed by atoms with van der Waals surface area (Å²) in [6.07, 6.45) is 0. The normalized spacial score (nSPS) is 11.7. The summed E-state index contributed by atoms with van der Waals surface area (Å²) >= 11 is 1.60. The quantitative estimate of drug-likeness (QED) is 0.652. The van der Waals surface area contributed by atoms with Crippen LogP contribution in [-0.2, 0) is 6.61 Å². The van der Waals surface area contributed by atoms with E-state index in [0.29, 0.717) is 17.9 Å². The molecular formula is C21H22N2O3S. The number of aryl methyl sites for hydroxylation is 1. The van der Waals surface area contributed by atoms with E-state index in [1.165, 1.54) is 0 Å². The SMILES string of the molecule is COc1ccccc1[C@@H](C)NC(=O)c1ccc(OCc2csc(C)n2)cc1. The molecule has 27 heavy (non-hydrogen) atoms. The number of hydrogen-bond donors (Lipinski definition) is 1. The highest BCUT2D eigenvalue weighted by Crippen LogP contribution is 2.24. The summed E-state index contributed by atoms with van der Waals surface area (Å²) in [4.78, 5) is 16.9. The van der Waals surface area contributed by atoms with E-state index in [4.69, 9.17) is 9.47 Å². The van der Waals surface area contributed by atoms with E-state index in [9.17, 15) is 4.79 Å². The highest BCUT2D eigenvalue weighted by Gasteiger charge is 2.14. The van der Waals surface area contributed by atoms with Crippen LogP contribution in [0.15, 0.2) is 53.9 Å². The fourth-order valence-electron chi connectivity index (χ4n) is 2.72. The van der Waals surface area contributed by atoms with E-state index >= 15 is 0 Å². The van der Waals surface area contributed by atoms with Crippen LogP contribution in [-0.4, -0.2) is 18.0 Å². The van der Waals surface area contributed by atoms with Crippen LogP contribution < -0.4 is 14.8 Å². The van der Waals surface area contributed by atoms with Crippen LogP contribution in [0.4, 0.5) is 0 Å². The molecule has 0 saturated carbocycles. The summed E-state index contributed by atoms with van der Waals surface area (Å²) in [6.45, 7) is 4.32. The van der Waals surface area contributed by atoms with Crippen LogP contribution in [0.3, 0.4) is 0 Å². The van der Waals surface area contributed by atoms with Gasteiger partial charge in [-0.1, -0.05) is 18.2 Å². The molecule has 1 N–H and O–H groups in total. The smallest absolute Gasteiger partial charge is 0.251 e. The van der Waals surface area contributed by atoms with Gasteiger partial charge in [-0.3, -0.25) is 4.79 Å². The Morgan fingerprint density at radius 1 is 1.19 bits per heavy atom. The van der Waals surface area contributed by atoms with Gasteiger partial charge < -0.3 is 14.8 Å². The lowest BCUT2D eigenvalue weighted by Crippen LogP contribution is -2.26. The molecule has 0 radical (unpaired) electrons. The van der Waals surface area contributed by atoms with Crippen molar-refractivity contribution in [3.8, 4) is 11.5 Å². The highest BCUT2D eigenvalue weighted by molar-refractivity contribution is 7.09. The standard InChI is InChI=1S/C21H22N2O3S/c1-14(19-6-4-5-7-20(19)25-3)22-21(24)16-8-10-18(11-9-16)26-12-17-13-27-15(2)23-17/h4-11,13-14H,12H2,1-3H3,(H,22,24)/t14-/m1/s1. The maximum Gasteiger partial charge on any atom is 0.251 e. The second-order valence-corrected chi connectivity index (χ2v) is 7.17. The number of ether oxygens (including phenoxy) is 2. The van der Waals surface area contributed by atoms with Crippen LogP contribution in [0.5, 0.6) is 11.5 Å². The molecule has 1 atom stereocenters. The van der Waals surface area contributed by atoms with E-state index in [1.54, 1.807) is 42.7 Å². The maximum absolute atomic E-state index is 12.5. The number of nitrogens with one attached hydrogen (secondary N) is 1. The Morgan fingerprint density at radius 2 is 1.93 bits per heavy atom. The van der Waals surface area contributed by atoms with Crippen LogP contribution in [0.1, 0.15) is 39.6 Å². The summed E-state index contributed by atoms with van der Waals surface area (Å²) in [5, 5.41) is 6.00. The summed E-state index contributed by atoms with van der Waals surface area (Å²) in [7, 11) is 1.62. The van der Waals surface area contributed by atoms with E-state index in [2.05, 4.69) is 10.3 Å². The minimum atomic E-state index is -0.169. The van der Waals surface area contributed by atoms with Crippen LogP contribution >= 0.6 is 11.3 Å². The van der Waals surface area contributed by atoms with Crippen molar-refractivity contribution in [1.82, 2.24) is 10.3 Å². The molecule has 0 saturated heterocycles. The third-order valence-electron chi connectivity index (χ3n) is 4.12. The van der Waals surface area contributed by atoms with Crippen molar-refractivity contribution < 1.29 is 14.3 Å². The van der Waals surface area contributed by atoms with Crippen molar-refractivity contribution in [3.63, 3.8) is 0 Å². The molecule has 1 heterocycles. The largest absolute Gasteiger partial charge is 0.496 e. The third-order valence-corrected chi connectivity index (χ3v) is 4.95. The molecule has 0 unspecified atom stereocenters. The second kappa shape index (κ2) is 8.68. The van der Waals surface area contributed by atoms with Gasteiger partial charge in [0.2, 0.25) is 0 Å². The molecule has 0 aliphatic heterocycles. The van der Waals surface area contributed by atoms with Gasteiger partial charge in [-0.05, 0) is 44.2 Å². The summed E-state index contributed by atoms with van der Waals surface area (Å²) in [5.74, 6) is 1.32. The number of carbonyl (C=O) groups excluding carboxylic acids is 1. The zero-order valence-corrected chi connectivity index (χ0v) is 16.4. The minimum absolute atomic E-state index is 0.143. The first-order valence-electron chi connectivity index (χ1n) is 8.64. The number of carbonyl (C=O) groups is 1.